The summed E-state index contributed by atoms with van der Waals surface area (Å²) in [4.78, 5) is 3.79. The summed E-state index contributed by atoms with van der Waals surface area (Å²) in [5.74, 6) is 0. The molecule has 0 fully saturated rings. The van der Waals surface area contributed by atoms with Crippen LogP contribution in [0.15, 0.2) is 85.1 Å². The highest BCUT2D eigenvalue weighted by Crippen LogP contribution is 2.45. The molecule has 35 heavy (non-hydrogen) atoms. The number of nitrogens with one attached hydrogen (secondary N) is 1. The van der Waals surface area contributed by atoms with E-state index in [1.807, 2.05) is 6.08 Å². The van der Waals surface area contributed by atoms with E-state index in [4.69, 9.17) is 0 Å². The van der Waals surface area contributed by atoms with Gasteiger partial charge in [-0.1, -0.05) is 75.6 Å². The normalized spacial score (nSPS) is 23.9. The minimum absolute atomic E-state index is 0.0320. The highest BCUT2D eigenvalue weighted by atomic mass is 15.2. The average molecular weight is 462 g/mol. The van der Waals surface area contributed by atoms with Gasteiger partial charge < -0.3 is 4.90 Å². The molecule has 0 aromatic heterocycles. The summed E-state index contributed by atoms with van der Waals surface area (Å²) in [5.41, 5.74) is 6.67. The first-order valence-electron chi connectivity index (χ1n) is 12.5. The molecule has 5 rings (SSSR count). The van der Waals surface area contributed by atoms with Crippen molar-refractivity contribution < 1.29 is 4.90 Å². The van der Waals surface area contributed by atoms with Crippen molar-refractivity contribution in [1.29, 1.82) is 0 Å². The fraction of sp³-hybridized carbons (Fsp3) is 0.273. The van der Waals surface area contributed by atoms with Crippen molar-refractivity contribution in [2.24, 2.45) is 0 Å². The van der Waals surface area contributed by atoms with Crippen LogP contribution in [0.5, 0.6) is 0 Å². The van der Waals surface area contributed by atoms with Gasteiger partial charge in [-0.05, 0) is 71.0 Å². The summed E-state index contributed by atoms with van der Waals surface area (Å²) in [5, 5.41) is 4.93. The lowest BCUT2D eigenvalue weighted by molar-refractivity contribution is -0.828. The van der Waals surface area contributed by atoms with E-state index in [1.54, 1.807) is 0 Å². The molecule has 3 aromatic rings. The number of quaternary nitrogens is 1. The minimum atomic E-state index is -0.125. The van der Waals surface area contributed by atoms with Gasteiger partial charge in [0.2, 0.25) is 0 Å². The third kappa shape index (κ3) is 3.35. The number of benzene rings is 3. The lowest BCUT2D eigenvalue weighted by atomic mass is 9.78. The van der Waals surface area contributed by atoms with Gasteiger partial charge in [0, 0.05) is 29.4 Å². The number of hydrogen-bond acceptors (Lipinski definition) is 1. The van der Waals surface area contributed by atoms with Crippen molar-refractivity contribution in [2.45, 2.75) is 44.6 Å². The summed E-state index contributed by atoms with van der Waals surface area (Å²) in [6.45, 7) is 17.6. The Labute approximate surface area is 209 Å². The summed E-state index contributed by atoms with van der Waals surface area (Å²) in [6.07, 6.45) is 11.0. The second-order valence-corrected chi connectivity index (χ2v) is 11.1. The Morgan fingerprint density at radius 3 is 2.43 bits per heavy atom. The maximum Gasteiger partial charge on any atom is 0.136 e. The van der Waals surface area contributed by atoms with Crippen LogP contribution >= 0.6 is 0 Å². The molecule has 1 N–H and O–H groups in total. The monoisotopic (exact) mass is 461 g/mol. The van der Waals surface area contributed by atoms with Gasteiger partial charge in [-0.2, -0.15) is 0 Å². The van der Waals surface area contributed by atoms with Gasteiger partial charge in [0.15, 0.2) is 0 Å². The van der Waals surface area contributed by atoms with Gasteiger partial charge in [0.25, 0.3) is 0 Å². The fourth-order valence-electron chi connectivity index (χ4n) is 6.69. The molecule has 0 radical (unpaired) electrons. The highest BCUT2D eigenvalue weighted by molar-refractivity contribution is 5.90. The van der Waals surface area contributed by atoms with E-state index < -0.39 is 0 Å². The van der Waals surface area contributed by atoms with Crippen LogP contribution < -0.4 is 20.2 Å². The zero-order valence-electron chi connectivity index (χ0n) is 21.9. The Bertz CT molecular complexity index is 1520. The molecule has 2 unspecified atom stereocenters. The number of hydrogen-bond donors (Lipinski definition) is 1. The van der Waals surface area contributed by atoms with E-state index in [1.165, 1.54) is 49.1 Å². The van der Waals surface area contributed by atoms with Gasteiger partial charge in [0.1, 0.15) is 11.7 Å². The first kappa shape index (κ1) is 23.4. The van der Waals surface area contributed by atoms with E-state index in [2.05, 4.69) is 133 Å². The Hall–Kier alpha value is -3.36. The second-order valence-electron chi connectivity index (χ2n) is 11.1. The van der Waals surface area contributed by atoms with E-state index in [0.717, 1.165) is 5.22 Å². The fourth-order valence-corrected chi connectivity index (χ4v) is 6.69. The number of nitrogens with zero attached hydrogens (tertiary/aromatic N) is 1. The van der Waals surface area contributed by atoms with E-state index in [-0.39, 0.29) is 10.8 Å². The number of likely N-dealkylation sites (N-methyl/N-ethyl adjacent to an activating group) is 2. The lowest BCUT2D eigenvalue weighted by Crippen LogP contribution is -3.07. The quantitative estimate of drug-likeness (QED) is 0.584. The molecule has 0 bridgehead atoms. The maximum atomic E-state index is 4.28. The van der Waals surface area contributed by atoms with Crippen LogP contribution in [0.25, 0.3) is 23.4 Å². The van der Waals surface area contributed by atoms with Crippen LogP contribution in [0.1, 0.15) is 38.8 Å². The molecule has 2 heterocycles. The van der Waals surface area contributed by atoms with E-state index >= 15 is 0 Å². The Balaban J connectivity index is 1.55. The van der Waals surface area contributed by atoms with Crippen LogP contribution in [-0.2, 0) is 10.8 Å². The van der Waals surface area contributed by atoms with Crippen molar-refractivity contribution in [1.82, 2.24) is 0 Å². The molecule has 0 aliphatic carbocycles. The third-order valence-electron chi connectivity index (χ3n) is 8.39. The number of anilines is 1. The largest absolute Gasteiger partial charge is 0.347 e. The molecular weight excluding hydrogens is 424 g/mol. The van der Waals surface area contributed by atoms with Gasteiger partial charge >= 0.3 is 0 Å². The second kappa shape index (κ2) is 8.10. The van der Waals surface area contributed by atoms with E-state index in [9.17, 15) is 0 Å². The van der Waals surface area contributed by atoms with Crippen LogP contribution in [-0.4, -0.2) is 20.1 Å². The third-order valence-corrected chi connectivity index (χ3v) is 8.39. The number of rotatable bonds is 3. The topological polar surface area (TPSA) is 7.68 Å². The van der Waals surface area contributed by atoms with E-state index in [0.29, 0.717) is 6.04 Å². The van der Waals surface area contributed by atoms with Crippen LogP contribution in [0.4, 0.5) is 11.4 Å². The average Bonchev–Trinajstić information content (AvgIpc) is 3.14. The number of allylic oxidation sites excluding steroid dienone is 4. The number of fused-ring (bicyclic) bond motifs is 4. The maximum absolute atomic E-state index is 4.28. The predicted molar refractivity (Wildman–Crippen MR) is 152 cm³/mol. The Kier molecular flexibility index (Phi) is 5.41. The minimum Gasteiger partial charge on any atom is -0.347 e. The van der Waals surface area contributed by atoms with Crippen molar-refractivity contribution in [3.63, 3.8) is 0 Å². The molecule has 0 amide bonds. The van der Waals surface area contributed by atoms with Gasteiger partial charge in [0.05, 0.1) is 12.5 Å². The lowest BCUT2D eigenvalue weighted by Gasteiger charge is -2.26. The zero-order chi connectivity index (χ0) is 25.1. The van der Waals surface area contributed by atoms with Gasteiger partial charge in [-0.3, -0.25) is 4.90 Å². The smallest absolute Gasteiger partial charge is 0.136 e. The zero-order valence-corrected chi connectivity index (χ0v) is 21.9. The van der Waals surface area contributed by atoms with Crippen LogP contribution in [0.3, 0.4) is 0 Å². The molecule has 2 aliphatic rings. The summed E-state index contributed by atoms with van der Waals surface area (Å²) in [7, 11) is 4.48. The predicted octanol–water partition coefficient (Wildman–Crippen LogP) is 4.89. The molecule has 0 saturated heterocycles. The molecule has 0 spiro atoms. The van der Waals surface area contributed by atoms with Crippen LogP contribution in [0, 0.1) is 0 Å². The van der Waals surface area contributed by atoms with Crippen molar-refractivity contribution in [2.75, 3.05) is 19.0 Å². The Morgan fingerprint density at radius 1 is 0.943 bits per heavy atom. The standard InChI is InChI=1S/C33H36N2/c1-9-13-24-22(2)18-20-26-30(24)32(3,4)28(34(26)7)16-12-17-29-33(5,6)31-25-15-11-10-14-23(25)19-21-27(31)35(29)8/h9-21,29H,1-2H2,3-8H3/p+1/b17-12+,24-13+,28-16+. The molecule has 0 saturated carbocycles. The molecule has 3 aromatic carbocycles. The molecule has 178 valence electrons. The molecule has 2 nitrogen and oxygen atoms in total. The highest BCUT2D eigenvalue weighted by Gasteiger charge is 2.47. The van der Waals surface area contributed by atoms with Crippen molar-refractivity contribution in [3.8, 4) is 0 Å². The van der Waals surface area contributed by atoms with Gasteiger partial charge in [-0.15, -0.1) is 0 Å². The molecule has 2 atom stereocenters. The van der Waals surface area contributed by atoms with Crippen LogP contribution in [0.2, 0.25) is 0 Å². The van der Waals surface area contributed by atoms with Gasteiger partial charge in [-0.25, -0.2) is 0 Å². The Morgan fingerprint density at radius 2 is 1.69 bits per heavy atom. The summed E-state index contributed by atoms with van der Waals surface area (Å²) >= 11 is 0. The van der Waals surface area contributed by atoms with Crippen molar-refractivity contribution >= 4 is 34.8 Å². The first-order valence-corrected chi connectivity index (χ1v) is 12.5. The first-order chi connectivity index (χ1) is 16.6. The summed E-state index contributed by atoms with van der Waals surface area (Å²) < 4.78 is 0. The molecule has 2 heteroatoms. The SMILES string of the molecule is C=C/C=c1/c2c(ccc1=C)N(C)/C(=C/C=C/C1[NH+](C)c3ccc4ccccc4c3C1(C)C)C2(C)C. The molecular formula is C33H37N2+. The van der Waals surface area contributed by atoms with Crippen molar-refractivity contribution in [3.05, 3.63) is 107 Å². The molecule has 2 aliphatic heterocycles. The summed E-state index contributed by atoms with van der Waals surface area (Å²) in [6, 6.07) is 18.0.